The molecule has 1 aliphatic carbocycles. The van der Waals surface area contributed by atoms with E-state index < -0.39 is 0 Å². The van der Waals surface area contributed by atoms with Gasteiger partial charge in [0.2, 0.25) is 0 Å². The minimum absolute atomic E-state index is 0.610. The van der Waals surface area contributed by atoms with Crippen molar-refractivity contribution < 1.29 is 4.74 Å². The lowest BCUT2D eigenvalue weighted by atomic mass is 10.2. The molecule has 0 bridgehead atoms. The first-order chi connectivity index (χ1) is 11.5. The summed E-state index contributed by atoms with van der Waals surface area (Å²) in [6.07, 6.45) is 2.70. The van der Waals surface area contributed by atoms with E-state index in [1.165, 1.54) is 18.4 Å². The van der Waals surface area contributed by atoms with E-state index in [-0.39, 0.29) is 0 Å². The van der Waals surface area contributed by atoms with Crippen LogP contribution in [0.5, 0.6) is 5.75 Å². The van der Waals surface area contributed by atoms with Crippen LogP contribution >= 0.6 is 0 Å². The zero-order valence-electron chi connectivity index (χ0n) is 15.7. The molecule has 134 valence electrons. The van der Waals surface area contributed by atoms with E-state index in [0.717, 1.165) is 37.4 Å². The first-order valence-electron chi connectivity index (χ1n) is 8.85. The van der Waals surface area contributed by atoms with Crippen molar-refractivity contribution in [2.45, 2.75) is 45.3 Å². The molecule has 1 N–H and O–H groups in total. The fraction of sp³-hybridized carbons (Fsp3) is 0.632. The highest BCUT2D eigenvalue weighted by Crippen LogP contribution is 2.27. The molecule has 0 aliphatic heterocycles. The summed E-state index contributed by atoms with van der Waals surface area (Å²) in [6.45, 7) is 7.37. The van der Waals surface area contributed by atoms with Gasteiger partial charge in [0.05, 0.1) is 7.11 Å². The second-order valence-corrected chi connectivity index (χ2v) is 6.74. The highest BCUT2D eigenvalue weighted by Gasteiger charge is 2.30. The van der Waals surface area contributed by atoms with Gasteiger partial charge in [-0.05, 0) is 44.4 Å². The van der Waals surface area contributed by atoms with Crippen LogP contribution in [-0.2, 0) is 6.54 Å². The van der Waals surface area contributed by atoms with Gasteiger partial charge in [0.15, 0.2) is 5.96 Å². The molecule has 1 aromatic rings. The van der Waals surface area contributed by atoms with E-state index >= 15 is 0 Å². The van der Waals surface area contributed by atoms with Crippen LogP contribution in [0.3, 0.4) is 0 Å². The van der Waals surface area contributed by atoms with Crippen molar-refractivity contribution >= 4 is 5.96 Å². The molecule has 1 aliphatic rings. The van der Waals surface area contributed by atoms with Gasteiger partial charge in [0, 0.05) is 45.8 Å². The maximum absolute atomic E-state index is 5.21. The molecule has 0 aromatic heterocycles. The molecular formula is C19H32N4O. The molecule has 0 unspecified atom stereocenters. The lowest BCUT2D eigenvalue weighted by molar-refractivity contribution is 0.214. The van der Waals surface area contributed by atoms with Crippen molar-refractivity contribution in [3.05, 3.63) is 29.8 Å². The summed E-state index contributed by atoms with van der Waals surface area (Å²) in [4.78, 5) is 9.15. The van der Waals surface area contributed by atoms with Gasteiger partial charge in [-0.1, -0.05) is 12.1 Å². The summed E-state index contributed by atoms with van der Waals surface area (Å²) in [6, 6.07) is 9.58. The number of methoxy groups -OCH3 is 1. The second kappa shape index (κ2) is 8.92. The van der Waals surface area contributed by atoms with E-state index in [1.54, 1.807) is 7.11 Å². The highest BCUT2D eigenvalue weighted by atomic mass is 16.5. The van der Waals surface area contributed by atoms with Gasteiger partial charge < -0.3 is 15.0 Å². The smallest absolute Gasteiger partial charge is 0.193 e. The zero-order chi connectivity index (χ0) is 17.5. The van der Waals surface area contributed by atoms with Crippen LogP contribution in [0.4, 0.5) is 0 Å². The molecule has 0 radical (unpaired) electrons. The van der Waals surface area contributed by atoms with Gasteiger partial charge in [-0.15, -0.1) is 0 Å². The third-order valence-corrected chi connectivity index (χ3v) is 4.48. The van der Waals surface area contributed by atoms with Crippen molar-refractivity contribution in [1.82, 2.24) is 15.1 Å². The number of nitrogens with one attached hydrogen (secondary N) is 1. The van der Waals surface area contributed by atoms with E-state index in [4.69, 9.17) is 4.74 Å². The first-order valence-corrected chi connectivity index (χ1v) is 8.85. The Bertz CT molecular complexity index is 521. The van der Waals surface area contributed by atoms with Gasteiger partial charge in [0.25, 0.3) is 0 Å². The normalized spacial score (nSPS) is 15.0. The number of hydrogen-bond donors (Lipinski definition) is 1. The van der Waals surface area contributed by atoms with Gasteiger partial charge in [-0.25, -0.2) is 0 Å². The lowest BCUT2D eigenvalue weighted by Gasteiger charge is -2.28. The molecule has 5 nitrogen and oxygen atoms in total. The Balaban J connectivity index is 1.81. The Hall–Kier alpha value is -1.75. The van der Waals surface area contributed by atoms with E-state index in [9.17, 15) is 0 Å². The van der Waals surface area contributed by atoms with Gasteiger partial charge in [0.1, 0.15) is 5.75 Å². The Kier molecular flexibility index (Phi) is 6.91. The van der Waals surface area contributed by atoms with Crippen LogP contribution in [0.25, 0.3) is 0 Å². The molecule has 1 aromatic carbocycles. The fourth-order valence-electron chi connectivity index (χ4n) is 3.03. The molecule has 0 atom stereocenters. The van der Waals surface area contributed by atoms with Crippen LogP contribution in [0, 0.1) is 0 Å². The second-order valence-electron chi connectivity index (χ2n) is 6.74. The average molecular weight is 332 g/mol. The number of hydrogen-bond acceptors (Lipinski definition) is 3. The van der Waals surface area contributed by atoms with Crippen LogP contribution in [0.1, 0.15) is 32.3 Å². The number of benzene rings is 1. The summed E-state index contributed by atoms with van der Waals surface area (Å²) in [7, 11) is 5.60. The average Bonchev–Trinajstić information content (AvgIpc) is 3.40. The fourth-order valence-corrected chi connectivity index (χ4v) is 3.03. The van der Waals surface area contributed by atoms with Crippen LogP contribution in [-0.4, -0.2) is 62.1 Å². The number of ether oxygens (including phenoxy) is 1. The van der Waals surface area contributed by atoms with Crippen molar-refractivity contribution in [1.29, 1.82) is 0 Å². The Morgan fingerprint density at radius 3 is 2.46 bits per heavy atom. The molecule has 24 heavy (non-hydrogen) atoms. The van der Waals surface area contributed by atoms with Crippen LogP contribution in [0.15, 0.2) is 29.3 Å². The van der Waals surface area contributed by atoms with Crippen molar-refractivity contribution in [2.24, 2.45) is 4.99 Å². The maximum Gasteiger partial charge on any atom is 0.193 e. The highest BCUT2D eigenvalue weighted by molar-refractivity contribution is 5.79. The van der Waals surface area contributed by atoms with Crippen molar-refractivity contribution in [3.8, 4) is 5.75 Å². The standard InChI is InChI=1S/C19H32N4O/c1-15(2)23(17-8-9-17)13-12-21-19(20-3)22(4)14-16-6-10-18(24-5)11-7-16/h6-7,10-11,15,17H,8-9,12-14H2,1-5H3,(H,20,21). The lowest BCUT2D eigenvalue weighted by Crippen LogP contribution is -2.44. The van der Waals surface area contributed by atoms with E-state index in [1.807, 2.05) is 19.2 Å². The first kappa shape index (κ1) is 18.6. The minimum atomic E-state index is 0.610. The minimum Gasteiger partial charge on any atom is -0.497 e. The molecule has 1 saturated carbocycles. The molecule has 0 amide bonds. The summed E-state index contributed by atoms with van der Waals surface area (Å²) in [5, 5.41) is 3.49. The summed E-state index contributed by atoms with van der Waals surface area (Å²) >= 11 is 0. The number of guanidine groups is 1. The Morgan fingerprint density at radius 1 is 1.29 bits per heavy atom. The molecular weight excluding hydrogens is 300 g/mol. The number of rotatable bonds is 8. The number of nitrogens with zero attached hydrogens (tertiary/aromatic N) is 3. The molecule has 2 rings (SSSR count). The molecule has 0 heterocycles. The third-order valence-electron chi connectivity index (χ3n) is 4.48. The number of aliphatic imine (C=N–C) groups is 1. The Labute approximate surface area is 146 Å². The largest absolute Gasteiger partial charge is 0.497 e. The SMILES string of the molecule is CN=C(NCCN(C(C)C)C1CC1)N(C)Cc1ccc(OC)cc1. The summed E-state index contributed by atoms with van der Waals surface area (Å²) < 4.78 is 5.21. The molecule has 0 spiro atoms. The van der Waals surface area contributed by atoms with Gasteiger partial charge >= 0.3 is 0 Å². The van der Waals surface area contributed by atoms with Crippen LogP contribution in [0.2, 0.25) is 0 Å². The van der Waals surface area contributed by atoms with Crippen molar-refractivity contribution in [2.75, 3.05) is 34.3 Å². The van der Waals surface area contributed by atoms with Gasteiger partial charge in [-0.2, -0.15) is 0 Å². The topological polar surface area (TPSA) is 40.1 Å². The summed E-state index contributed by atoms with van der Waals surface area (Å²) in [5.41, 5.74) is 1.24. The quantitative estimate of drug-likeness (QED) is 0.587. The van der Waals surface area contributed by atoms with Gasteiger partial charge in [-0.3, -0.25) is 9.89 Å². The van der Waals surface area contributed by atoms with Crippen LogP contribution < -0.4 is 10.1 Å². The van der Waals surface area contributed by atoms with Crippen molar-refractivity contribution in [3.63, 3.8) is 0 Å². The van der Waals surface area contributed by atoms with E-state index in [0.29, 0.717) is 6.04 Å². The Morgan fingerprint density at radius 2 is 1.96 bits per heavy atom. The predicted octanol–water partition coefficient (Wildman–Crippen LogP) is 2.58. The third kappa shape index (κ3) is 5.41. The summed E-state index contributed by atoms with van der Waals surface area (Å²) in [5.74, 6) is 1.82. The molecule has 5 heteroatoms. The van der Waals surface area contributed by atoms with E-state index in [2.05, 4.69) is 53.1 Å². The maximum atomic E-state index is 5.21. The zero-order valence-corrected chi connectivity index (χ0v) is 15.7. The molecule has 0 saturated heterocycles. The predicted molar refractivity (Wildman–Crippen MR) is 101 cm³/mol. The monoisotopic (exact) mass is 332 g/mol. The molecule has 1 fully saturated rings.